The van der Waals surface area contributed by atoms with Gasteiger partial charge in [-0.2, -0.15) is 15.1 Å². The van der Waals surface area contributed by atoms with Crippen LogP contribution in [0, 0.1) is 0 Å². The van der Waals surface area contributed by atoms with E-state index in [0.29, 0.717) is 5.95 Å². The van der Waals surface area contributed by atoms with Gasteiger partial charge in [-0.25, -0.2) is 0 Å². The first-order valence-electron chi connectivity index (χ1n) is 6.79. The second-order valence-electron chi connectivity index (χ2n) is 4.81. The number of piperazine rings is 1. The van der Waals surface area contributed by atoms with Gasteiger partial charge in [0.1, 0.15) is 5.82 Å². The third-order valence-electron chi connectivity index (χ3n) is 3.60. The van der Waals surface area contributed by atoms with E-state index in [2.05, 4.69) is 35.3 Å². The molecule has 0 unspecified atom stereocenters. The van der Waals surface area contributed by atoms with E-state index in [-0.39, 0.29) is 6.61 Å². The van der Waals surface area contributed by atoms with Crippen LogP contribution in [-0.2, 0) is 0 Å². The topological polar surface area (TPSA) is 93.2 Å². The van der Waals surface area contributed by atoms with Gasteiger partial charge in [-0.1, -0.05) is 0 Å². The Balaban J connectivity index is 1.85. The number of nitrogens with one attached hydrogen (secondary N) is 2. The van der Waals surface area contributed by atoms with Crippen molar-refractivity contribution in [1.82, 2.24) is 25.1 Å². The molecular formula is C12H19N7O. The van der Waals surface area contributed by atoms with Crippen LogP contribution in [0.25, 0.3) is 11.0 Å². The van der Waals surface area contributed by atoms with E-state index in [4.69, 9.17) is 5.11 Å². The molecule has 3 N–H and O–H groups in total. The fourth-order valence-corrected chi connectivity index (χ4v) is 2.50. The molecule has 108 valence electrons. The SMILES string of the molecule is CNc1nc(N2CCN(CCO)CC2)c2cn[nH]c2n1. The van der Waals surface area contributed by atoms with Gasteiger partial charge in [-0.3, -0.25) is 10.00 Å². The summed E-state index contributed by atoms with van der Waals surface area (Å²) >= 11 is 0. The number of β-amino-alcohol motifs (C(OH)–C–C–N with tert-alkyl or cyclic N) is 1. The summed E-state index contributed by atoms with van der Waals surface area (Å²) in [4.78, 5) is 13.4. The van der Waals surface area contributed by atoms with Gasteiger partial charge in [-0.15, -0.1) is 0 Å². The Bertz CT molecular complexity index is 576. The number of hydrogen-bond acceptors (Lipinski definition) is 7. The van der Waals surface area contributed by atoms with Crippen molar-refractivity contribution in [2.24, 2.45) is 0 Å². The molecular weight excluding hydrogens is 258 g/mol. The lowest BCUT2D eigenvalue weighted by atomic mass is 10.3. The van der Waals surface area contributed by atoms with Gasteiger partial charge in [0.05, 0.1) is 18.2 Å². The molecule has 0 amide bonds. The van der Waals surface area contributed by atoms with Gasteiger partial charge in [0.2, 0.25) is 5.95 Å². The lowest BCUT2D eigenvalue weighted by Crippen LogP contribution is -2.47. The van der Waals surface area contributed by atoms with Crippen molar-refractivity contribution in [2.45, 2.75) is 0 Å². The Morgan fingerprint density at radius 2 is 2.10 bits per heavy atom. The molecule has 1 aliphatic rings. The zero-order valence-electron chi connectivity index (χ0n) is 11.5. The van der Waals surface area contributed by atoms with Gasteiger partial charge in [0.15, 0.2) is 5.65 Å². The number of aromatic nitrogens is 4. The van der Waals surface area contributed by atoms with Crippen molar-refractivity contribution in [3.8, 4) is 0 Å². The van der Waals surface area contributed by atoms with Crippen LogP contribution < -0.4 is 10.2 Å². The van der Waals surface area contributed by atoms with Crippen molar-refractivity contribution < 1.29 is 5.11 Å². The highest BCUT2D eigenvalue weighted by Gasteiger charge is 2.21. The summed E-state index contributed by atoms with van der Waals surface area (Å²) in [7, 11) is 1.81. The molecule has 2 aromatic heterocycles. The number of fused-ring (bicyclic) bond motifs is 1. The Morgan fingerprint density at radius 1 is 1.30 bits per heavy atom. The average Bonchev–Trinajstić information content (AvgIpc) is 2.95. The maximum absolute atomic E-state index is 8.99. The van der Waals surface area contributed by atoms with Gasteiger partial charge in [0.25, 0.3) is 0 Å². The maximum atomic E-state index is 8.99. The summed E-state index contributed by atoms with van der Waals surface area (Å²) in [5, 5.41) is 19.9. The fourth-order valence-electron chi connectivity index (χ4n) is 2.50. The molecule has 8 nitrogen and oxygen atoms in total. The summed E-state index contributed by atoms with van der Waals surface area (Å²) in [6, 6.07) is 0. The molecule has 0 radical (unpaired) electrons. The van der Waals surface area contributed by atoms with Crippen molar-refractivity contribution in [2.75, 3.05) is 56.6 Å². The summed E-state index contributed by atoms with van der Waals surface area (Å²) in [6.45, 7) is 4.59. The van der Waals surface area contributed by atoms with E-state index < -0.39 is 0 Å². The minimum absolute atomic E-state index is 0.212. The van der Waals surface area contributed by atoms with E-state index in [1.165, 1.54) is 0 Å². The van der Waals surface area contributed by atoms with Crippen LogP contribution in [0.2, 0.25) is 0 Å². The van der Waals surface area contributed by atoms with Crippen LogP contribution in [-0.4, -0.2) is 76.6 Å². The van der Waals surface area contributed by atoms with Crippen LogP contribution in [0.5, 0.6) is 0 Å². The Hall–Kier alpha value is -1.93. The lowest BCUT2D eigenvalue weighted by molar-refractivity contribution is 0.188. The van der Waals surface area contributed by atoms with E-state index in [9.17, 15) is 0 Å². The van der Waals surface area contributed by atoms with Crippen LogP contribution in [0.3, 0.4) is 0 Å². The second kappa shape index (κ2) is 5.59. The quantitative estimate of drug-likeness (QED) is 0.694. The van der Waals surface area contributed by atoms with Gasteiger partial charge in [0, 0.05) is 39.8 Å². The lowest BCUT2D eigenvalue weighted by Gasteiger charge is -2.35. The standard InChI is InChI=1S/C12H19N7O/c1-13-12-15-10-9(8-14-17-10)11(16-12)19-4-2-18(3-5-19)6-7-20/h8,20H,2-7H2,1H3,(H2,13,14,15,16,17). The number of aromatic amines is 1. The number of anilines is 2. The Labute approximate surface area is 116 Å². The normalized spacial score (nSPS) is 16.8. The highest BCUT2D eigenvalue weighted by Crippen LogP contribution is 2.24. The molecule has 3 heterocycles. The van der Waals surface area contributed by atoms with Crippen LogP contribution in [0.15, 0.2) is 6.20 Å². The number of aliphatic hydroxyl groups is 1. The van der Waals surface area contributed by atoms with Crippen molar-refractivity contribution in [3.05, 3.63) is 6.20 Å². The van der Waals surface area contributed by atoms with Crippen molar-refractivity contribution in [1.29, 1.82) is 0 Å². The number of aliphatic hydroxyl groups excluding tert-OH is 1. The molecule has 0 saturated carbocycles. The van der Waals surface area contributed by atoms with Gasteiger partial charge >= 0.3 is 0 Å². The van der Waals surface area contributed by atoms with E-state index in [0.717, 1.165) is 49.6 Å². The number of nitrogens with zero attached hydrogens (tertiary/aromatic N) is 5. The number of H-pyrrole nitrogens is 1. The van der Waals surface area contributed by atoms with E-state index in [1.54, 1.807) is 13.2 Å². The second-order valence-corrected chi connectivity index (χ2v) is 4.81. The highest BCUT2D eigenvalue weighted by atomic mass is 16.3. The third kappa shape index (κ3) is 2.39. The molecule has 0 aliphatic carbocycles. The molecule has 0 atom stereocenters. The zero-order valence-corrected chi connectivity index (χ0v) is 11.5. The molecule has 1 fully saturated rings. The molecule has 0 spiro atoms. The molecule has 1 saturated heterocycles. The van der Waals surface area contributed by atoms with Crippen molar-refractivity contribution >= 4 is 22.8 Å². The van der Waals surface area contributed by atoms with E-state index in [1.807, 2.05) is 0 Å². The predicted octanol–water partition coefficient (Wildman–Crippen LogP) is -0.491. The average molecular weight is 277 g/mol. The summed E-state index contributed by atoms with van der Waals surface area (Å²) in [6.07, 6.45) is 1.77. The molecule has 8 heteroatoms. The highest BCUT2D eigenvalue weighted by molar-refractivity contribution is 5.87. The van der Waals surface area contributed by atoms with Gasteiger partial charge < -0.3 is 15.3 Å². The summed E-state index contributed by atoms with van der Waals surface area (Å²) in [5.74, 6) is 1.51. The number of rotatable bonds is 4. The Kier molecular flexibility index (Phi) is 3.66. The van der Waals surface area contributed by atoms with Crippen LogP contribution >= 0.6 is 0 Å². The fraction of sp³-hybridized carbons (Fsp3) is 0.583. The first kappa shape index (κ1) is 13.1. The molecule has 1 aliphatic heterocycles. The minimum Gasteiger partial charge on any atom is -0.395 e. The van der Waals surface area contributed by atoms with E-state index >= 15 is 0 Å². The molecule has 2 aromatic rings. The van der Waals surface area contributed by atoms with Crippen LogP contribution in [0.1, 0.15) is 0 Å². The predicted molar refractivity (Wildman–Crippen MR) is 77.0 cm³/mol. The first-order chi connectivity index (χ1) is 9.81. The number of hydrogen-bond donors (Lipinski definition) is 3. The molecule has 3 rings (SSSR count). The summed E-state index contributed by atoms with van der Waals surface area (Å²) < 4.78 is 0. The Morgan fingerprint density at radius 3 is 2.80 bits per heavy atom. The molecule has 0 bridgehead atoms. The zero-order chi connectivity index (χ0) is 13.9. The first-order valence-corrected chi connectivity index (χ1v) is 6.79. The maximum Gasteiger partial charge on any atom is 0.226 e. The third-order valence-corrected chi connectivity index (χ3v) is 3.60. The van der Waals surface area contributed by atoms with Crippen LogP contribution in [0.4, 0.5) is 11.8 Å². The minimum atomic E-state index is 0.212. The molecule has 20 heavy (non-hydrogen) atoms. The van der Waals surface area contributed by atoms with Crippen molar-refractivity contribution in [3.63, 3.8) is 0 Å². The largest absolute Gasteiger partial charge is 0.395 e. The van der Waals surface area contributed by atoms with Gasteiger partial charge in [-0.05, 0) is 0 Å². The smallest absolute Gasteiger partial charge is 0.226 e. The molecule has 0 aromatic carbocycles. The monoisotopic (exact) mass is 277 g/mol. The summed E-state index contributed by atoms with van der Waals surface area (Å²) in [5.41, 5.74) is 0.747.